The van der Waals surface area contributed by atoms with E-state index in [1.165, 1.54) is 12.1 Å². The Labute approximate surface area is 217 Å². The number of amides is 1. The van der Waals surface area contributed by atoms with E-state index in [1.807, 2.05) is 24.5 Å². The molecular weight excluding hydrogens is 554 g/mol. The number of aromatic nitrogens is 3. The van der Waals surface area contributed by atoms with Gasteiger partial charge in [0.25, 0.3) is 0 Å². The summed E-state index contributed by atoms with van der Waals surface area (Å²) in [5.74, 6) is 1.46. The number of sulfonamides is 1. The molecule has 3 heterocycles. The maximum absolute atomic E-state index is 13.3. The summed E-state index contributed by atoms with van der Waals surface area (Å²) in [6.45, 7) is 0.973. The predicted octanol–water partition coefficient (Wildman–Crippen LogP) is 3.70. The summed E-state index contributed by atoms with van der Waals surface area (Å²) >= 11 is 4.88. The molecule has 0 spiro atoms. The van der Waals surface area contributed by atoms with Gasteiger partial charge in [0.05, 0.1) is 4.90 Å². The van der Waals surface area contributed by atoms with E-state index in [2.05, 4.69) is 35.8 Å². The summed E-state index contributed by atoms with van der Waals surface area (Å²) in [6, 6.07) is 11.0. The number of carbonyl (C=O) groups is 1. The van der Waals surface area contributed by atoms with Crippen molar-refractivity contribution in [3.8, 4) is 11.5 Å². The first-order chi connectivity index (χ1) is 16.9. The Hall–Kier alpha value is -2.28. The molecule has 4 rings (SSSR count). The van der Waals surface area contributed by atoms with E-state index >= 15 is 0 Å². The van der Waals surface area contributed by atoms with Gasteiger partial charge in [0.1, 0.15) is 11.7 Å². The Bertz CT molecular complexity index is 1230. The second-order valence-corrected chi connectivity index (χ2v) is 11.8. The van der Waals surface area contributed by atoms with Crippen LogP contribution in [0, 0.1) is 0 Å². The van der Waals surface area contributed by atoms with E-state index in [0.717, 1.165) is 4.47 Å². The van der Waals surface area contributed by atoms with Crippen LogP contribution in [-0.2, 0) is 14.8 Å². The molecule has 1 aliphatic heterocycles. The molecule has 1 amide bonds. The van der Waals surface area contributed by atoms with Crippen molar-refractivity contribution in [2.75, 3.05) is 25.1 Å². The van der Waals surface area contributed by atoms with E-state index in [0.29, 0.717) is 55.5 Å². The SMILES string of the molecule is CSCCC(NS(=O)(=O)c1ccc(Br)cc1)C(=O)N1CCC(c2nc(-c3ccccn3)no2)CC1. The third-order valence-electron chi connectivity index (χ3n) is 5.82. The first kappa shape index (κ1) is 25.8. The normalized spacial score (nSPS) is 15.8. The molecule has 1 unspecified atom stereocenters. The number of benzene rings is 1. The zero-order chi connectivity index (χ0) is 24.8. The van der Waals surface area contributed by atoms with Gasteiger partial charge in [-0.15, -0.1) is 0 Å². The molecule has 1 fully saturated rings. The number of halogens is 1. The zero-order valence-electron chi connectivity index (χ0n) is 19.1. The fourth-order valence-corrected chi connectivity index (χ4v) is 5.86. The fourth-order valence-electron chi connectivity index (χ4n) is 3.90. The minimum atomic E-state index is -3.83. The third-order valence-corrected chi connectivity index (χ3v) is 8.48. The van der Waals surface area contributed by atoms with Crippen LogP contribution in [0.4, 0.5) is 0 Å². The highest BCUT2D eigenvalue weighted by Gasteiger charge is 2.33. The molecule has 35 heavy (non-hydrogen) atoms. The van der Waals surface area contributed by atoms with Gasteiger partial charge in [-0.3, -0.25) is 9.78 Å². The van der Waals surface area contributed by atoms with Crippen LogP contribution in [0.25, 0.3) is 11.5 Å². The second-order valence-electron chi connectivity index (χ2n) is 8.18. The van der Waals surface area contributed by atoms with Crippen molar-refractivity contribution < 1.29 is 17.7 Å². The molecule has 9 nitrogen and oxygen atoms in total. The maximum atomic E-state index is 13.3. The molecule has 1 aromatic carbocycles. The average Bonchev–Trinajstić information content (AvgIpc) is 3.37. The standard InChI is InChI=1S/C23H26BrN5O4S2/c1-34-15-11-20(28-35(31,32)18-7-5-17(24)6-8-18)23(30)29-13-9-16(10-14-29)22-26-21(27-33-22)19-4-2-3-12-25-19/h2-8,12,16,20,28H,9-11,13-15H2,1H3. The van der Waals surface area contributed by atoms with Gasteiger partial charge in [0.15, 0.2) is 0 Å². The zero-order valence-corrected chi connectivity index (χ0v) is 22.4. The molecule has 0 saturated carbocycles. The first-order valence-corrected chi connectivity index (χ1v) is 14.8. The molecule has 2 aromatic heterocycles. The highest BCUT2D eigenvalue weighted by atomic mass is 79.9. The number of nitrogens with zero attached hydrogens (tertiary/aromatic N) is 4. The van der Waals surface area contributed by atoms with E-state index in [4.69, 9.17) is 4.52 Å². The number of thioether (sulfide) groups is 1. The van der Waals surface area contributed by atoms with Crippen LogP contribution in [-0.4, -0.2) is 65.5 Å². The highest BCUT2D eigenvalue weighted by molar-refractivity contribution is 9.10. The largest absolute Gasteiger partial charge is 0.341 e. The molecule has 186 valence electrons. The number of nitrogens with one attached hydrogen (secondary N) is 1. The monoisotopic (exact) mass is 579 g/mol. The summed E-state index contributed by atoms with van der Waals surface area (Å²) in [4.78, 5) is 23.9. The summed E-state index contributed by atoms with van der Waals surface area (Å²) in [5, 5.41) is 4.04. The molecule has 1 aliphatic rings. The molecule has 0 aliphatic carbocycles. The quantitative estimate of drug-likeness (QED) is 0.407. The van der Waals surface area contributed by atoms with Crippen LogP contribution in [0.15, 0.2) is 62.6 Å². The Morgan fingerprint density at radius 3 is 2.63 bits per heavy atom. The van der Waals surface area contributed by atoms with Gasteiger partial charge in [-0.2, -0.15) is 21.5 Å². The first-order valence-electron chi connectivity index (χ1n) is 11.2. The summed E-state index contributed by atoms with van der Waals surface area (Å²) in [7, 11) is -3.83. The van der Waals surface area contributed by atoms with Gasteiger partial charge in [0, 0.05) is 29.7 Å². The fraction of sp³-hybridized carbons (Fsp3) is 0.391. The van der Waals surface area contributed by atoms with Crippen molar-refractivity contribution in [2.45, 2.75) is 36.1 Å². The van der Waals surface area contributed by atoms with E-state index in [-0.39, 0.29) is 16.7 Å². The number of hydrogen-bond donors (Lipinski definition) is 1. The Morgan fingerprint density at radius 2 is 1.97 bits per heavy atom. The van der Waals surface area contributed by atoms with Crippen LogP contribution < -0.4 is 4.72 Å². The molecule has 12 heteroatoms. The molecular formula is C23H26BrN5O4S2. The molecule has 0 radical (unpaired) electrons. The van der Waals surface area contributed by atoms with Crippen molar-refractivity contribution in [1.82, 2.24) is 24.7 Å². The maximum Gasteiger partial charge on any atom is 0.241 e. The van der Waals surface area contributed by atoms with Gasteiger partial charge in [-0.25, -0.2) is 8.42 Å². The summed E-state index contributed by atoms with van der Waals surface area (Å²) in [5.41, 5.74) is 0.643. The predicted molar refractivity (Wildman–Crippen MR) is 137 cm³/mol. The Kier molecular flexibility index (Phi) is 8.58. The minimum Gasteiger partial charge on any atom is -0.341 e. The lowest BCUT2D eigenvalue weighted by Gasteiger charge is -2.33. The van der Waals surface area contributed by atoms with Crippen LogP contribution in [0.1, 0.15) is 31.1 Å². The highest BCUT2D eigenvalue weighted by Crippen LogP contribution is 2.29. The van der Waals surface area contributed by atoms with E-state index in [1.54, 1.807) is 35.0 Å². The van der Waals surface area contributed by atoms with Gasteiger partial charge < -0.3 is 9.42 Å². The van der Waals surface area contributed by atoms with E-state index < -0.39 is 16.1 Å². The number of rotatable bonds is 9. The van der Waals surface area contributed by atoms with Gasteiger partial charge in [0.2, 0.25) is 27.6 Å². The molecule has 1 saturated heterocycles. The lowest BCUT2D eigenvalue weighted by molar-refractivity contribution is -0.134. The van der Waals surface area contributed by atoms with Crippen molar-refractivity contribution in [3.05, 3.63) is 59.0 Å². The molecule has 3 aromatic rings. The van der Waals surface area contributed by atoms with Crippen LogP contribution >= 0.6 is 27.7 Å². The van der Waals surface area contributed by atoms with Gasteiger partial charge in [-0.05, 0) is 67.7 Å². The van der Waals surface area contributed by atoms with Crippen LogP contribution in [0.3, 0.4) is 0 Å². The second kappa shape index (κ2) is 11.6. The number of carbonyl (C=O) groups excluding carboxylic acids is 1. The van der Waals surface area contributed by atoms with Gasteiger partial charge >= 0.3 is 0 Å². The van der Waals surface area contributed by atoms with Crippen LogP contribution in [0.5, 0.6) is 0 Å². The number of likely N-dealkylation sites (tertiary alicyclic amines) is 1. The topological polar surface area (TPSA) is 118 Å². The molecule has 0 bridgehead atoms. The number of hydrogen-bond acceptors (Lipinski definition) is 8. The number of piperidine rings is 1. The summed E-state index contributed by atoms with van der Waals surface area (Å²) < 4.78 is 34.7. The minimum absolute atomic E-state index is 0.0353. The van der Waals surface area contributed by atoms with Crippen molar-refractivity contribution in [1.29, 1.82) is 0 Å². The molecule has 1 N–H and O–H groups in total. The smallest absolute Gasteiger partial charge is 0.241 e. The van der Waals surface area contributed by atoms with Crippen molar-refractivity contribution >= 4 is 43.6 Å². The van der Waals surface area contributed by atoms with Crippen molar-refractivity contribution in [3.63, 3.8) is 0 Å². The Balaban J connectivity index is 1.40. The molecule has 1 atom stereocenters. The lowest BCUT2D eigenvalue weighted by atomic mass is 9.96. The Morgan fingerprint density at radius 1 is 1.23 bits per heavy atom. The summed E-state index contributed by atoms with van der Waals surface area (Å²) in [6.07, 6.45) is 5.33. The third kappa shape index (κ3) is 6.49. The average molecular weight is 581 g/mol. The van der Waals surface area contributed by atoms with E-state index in [9.17, 15) is 13.2 Å². The van der Waals surface area contributed by atoms with Crippen molar-refractivity contribution in [2.24, 2.45) is 0 Å². The van der Waals surface area contributed by atoms with Crippen LogP contribution in [0.2, 0.25) is 0 Å². The number of pyridine rings is 1. The van der Waals surface area contributed by atoms with Gasteiger partial charge in [-0.1, -0.05) is 27.2 Å². The lowest BCUT2D eigenvalue weighted by Crippen LogP contribution is -2.50.